The maximum Gasteiger partial charge on any atom is 0.119 e. The van der Waals surface area contributed by atoms with E-state index in [0.29, 0.717) is 14.3 Å². The summed E-state index contributed by atoms with van der Waals surface area (Å²) in [6, 6.07) is 12.7. The molecular weight excluding hydrogens is 337 g/mol. The van der Waals surface area contributed by atoms with Gasteiger partial charge in [0.15, 0.2) is 0 Å². The molecule has 0 bridgehead atoms. The van der Waals surface area contributed by atoms with Gasteiger partial charge in [-0.05, 0) is 58.0 Å². The minimum Gasteiger partial charge on any atom is -0.508 e. The molecule has 2 unspecified atom stereocenters. The summed E-state index contributed by atoms with van der Waals surface area (Å²) in [4.78, 5) is 0. The van der Waals surface area contributed by atoms with Crippen LogP contribution in [-0.2, 0) is 11.7 Å². The second kappa shape index (κ2) is 8.11. The van der Waals surface area contributed by atoms with Crippen LogP contribution in [0.5, 0.6) is 5.75 Å². The van der Waals surface area contributed by atoms with Gasteiger partial charge in [0.1, 0.15) is 5.75 Å². The maximum atomic E-state index is 10.5. The van der Waals surface area contributed by atoms with Crippen molar-refractivity contribution < 1.29 is 5.11 Å². The quantitative estimate of drug-likeness (QED) is 0.655. The summed E-state index contributed by atoms with van der Waals surface area (Å²) < 4.78 is 0. The SMILES string of the molecule is CCC(C)(Pc1ccc(C)cc1CNC(C)(C)C)c1cc(C)ccc1O. The molecule has 0 spiro atoms. The van der Waals surface area contributed by atoms with Crippen LogP contribution < -0.4 is 10.6 Å². The maximum absolute atomic E-state index is 10.5. The zero-order valence-corrected chi connectivity index (χ0v) is 18.3. The number of rotatable bonds is 6. The predicted octanol–water partition coefficient (Wildman–Crippen LogP) is 5.53. The van der Waals surface area contributed by atoms with Crippen molar-refractivity contribution in [2.24, 2.45) is 0 Å². The van der Waals surface area contributed by atoms with Crippen LogP contribution in [0.2, 0.25) is 0 Å². The lowest BCUT2D eigenvalue weighted by Crippen LogP contribution is -2.36. The molecular formula is C23H34NOP. The van der Waals surface area contributed by atoms with Crippen LogP contribution in [0.15, 0.2) is 36.4 Å². The third-order valence-corrected chi connectivity index (χ3v) is 6.87. The Kier molecular flexibility index (Phi) is 6.53. The van der Waals surface area contributed by atoms with E-state index in [1.54, 1.807) is 0 Å². The molecule has 2 N–H and O–H groups in total. The van der Waals surface area contributed by atoms with Crippen molar-refractivity contribution in [3.05, 3.63) is 58.7 Å². The fraction of sp³-hybridized carbons (Fsp3) is 0.478. The van der Waals surface area contributed by atoms with Gasteiger partial charge in [-0.15, -0.1) is 0 Å². The van der Waals surface area contributed by atoms with E-state index in [-0.39, 0.29) is 10.7 Å². The highest BCUT2D eigenvalue weighted by atomic mass is 31.1. The van der Waals surface area contributed by atoms with E-state index in [9.17, 15) is 5.11 Å². The molecule has 0 aliphatic rings. The fourth-order valence-corrected chi connectivity index (χ4v) is 4.68. The van der Waals surface area contributed by atoms with Gasteiger partial charge in [-0.2, -0.15) is 0 Å². The van der Waals surface area contributed by atoms with Gasteiger partial charge in [0, 0.05) is 22.8 Å². The Bertz CT molecular complexity index is 763. The average molecular weight is 372 g/mol. The van der Waals surface area contributed by atoms with Gasteiger partial charge in [-0.3, -0.25) is 0 Å². The Morgan fingerprint density at radius 2 is 1.58 bits per heavy atom. The third kappa shape index (κ3) is 5.32. The van der Waals surface area contributed by atoms with Crippen LogP contribution in [0.25, 0.3) is 0 Å². The number of nitrogens with one attached hydrogen (secondary N) is 1. The molecule has 0 fully saturated rings. The molecule has 2 aromatic rings. The number of phenols is 1. The number of phenolic OH excluding ortho intramolecular Hbond substituents is 1. The van der Waals surface area contributed by atoms with E-state index in [1.165, 1.54) is 22.0 Å². The summed E-state index contributed by atoms with van der Waals surface area (Å²) in [6.45, 7) is 16.2. The first-order valence-electron chi connectivity index (χ1n) is 9.47. The van der Waals surface area contributed by atoms with Crippen molar-refractivity contribution in [2.75, 3.05) is 0 Å². The first-order chi connectivity index (χ1) is 12.0. The number of aromatic hydroxyl groups is 1. The first-order valence-corrected chi connectivity index (χ1v) is 10.5. The Hall–Kier alpha value is -1.37. The molecule has 0 radical (unpaired) electrons. The minimum absolute atomic E-state index is 0.0676. The second-order valence-corrected chi connectivity index (χ2v) is 10.5. The summed E-state index contributed by atoms with van der Waals surface area (Å²) in [5.74, 6) is 0.411. The van der Waals surface area contributed by atoms with Crippen molar-refractivity contribution in [1.82, 2.24) is 5.32 Å². The van der Waals surface area contributed by atoms with E-state index in [1.807, 2.05) is 12.1 Å². The standard InChI is InChI=1S/C23H34NOP/c1-8-23(7,19-14-17(3)9-11-20(19)25)26-21-12-10-16(2)13-18(21)15-24-22(4,5)6/h9-14,24-26H,8,15H2,1-7H3. The molecule has 0 aliphatic carbocycles. The largest absolute Gasteiger partial charge is 0.508 e. The van der Waals surface area contributed by atoms with Crippen molar-refractivity contribution >= 4 is 13.9 Å². The highest BCUT2D eigenvalue weighted by molar-refractivity contribution is 7.48. The van der Waals surface area contributed by atoms with Gasteiger partial charge in [-0.1, -0.05) is 63.9 Å². The molecule has 2 nitrogen and oxygen atoms in total. The highest BCUT2D eigenvalue weighted by Crippen LogP contribution is 2.47. The van der Waals surface area contributed by atoms with Gasteiger partial charge in [-0.25, -0.2) is 0 Å². The Labute approximate surface area is 161 Å². The smallest absolute Gasteiger partial charge is 0.119 e. The van der Waals surface area contributed by atoms with Gasteiger partial charge in [0.2, 0.25) is 0 Å². The predicted molar refractivity (Wildman–Crippen MR) is 116 cm³/mol. The molecule has 2 atom stereocenters. The number of hydrogen-bond acceptors (Lipinski definition) is 2. The topological polar surface area (TPSA) is 32.3 Å². The van der Waals surface area contributed by atoms with Gasteiger partial charge < -0.3 is 10.4 Å². The molecule has 0 aromatic heterocycles. The van der Waals surface area contributed by atoms with Crippen LogP contribution >= 0.6 is 8.58 Å². The molecule has 3 heteroatoms. The number of benzene rings is 2. The van der Waals surface area contributed by atoms with E-state index >= 15 is 0 Å². The zero-order chi connectivity index (χ0) is 19.5. The molecule has 0 saturated carbocycles. The fourth-order valence-electron chi connectivity index (χ4n) is 3.09. The molecule has 0 aliphatic heterocycles. The van der Waals surface area contributed by atoms with E-state index in [4.69, 9.17) is 0 Å². The van der Waals surface area contributed by atoms with Crippen molar-refractivity contribution in [2.45, 2.75) is 72.1 Å². The van der Waals surface area contributed by atoms with Crippen LogP contribution in [0.1, 0.15) is 63.3 Å². The normalized spacial score (nSPS) is 14.7. The van der Waals surface area contributed by atoms with E-state index < -0.39 is 0 Å². The van der Waals surface area contributed by atoms with Gasteiger partial charge >= 0.3 is 0 Å². The second-order valence-electron chi connectivity index (χ2n) is 8.60. The lowest BCUT2D eigenvalue weighted by atomic mass is 9.95. The molecule has 2 rings (SSSR count). The van der Waals surface area contributed by atoms with Crippen molar-refractivity contribution in [1.29, 1.82) is 0 Å². The summed E-state index contributed by atoms with van der Waals surface area (Å²) in [7, 11) is 0.607. The monoisotopic (exact) mass is 371 g/mol. The summed E-state index contributed by atoms with van der Waals surface area (Å²) in [5, 5.41) is 15.4. The molecule has 0 heterocycles. The minimum atomic E-state index is -0.0676. The highest BCUT2D eigenvalue weighted by Gasteiger charge is 2.29. The van der Waals surface area contributed by atoms with Gasteiger partial charge in [0.25, 0.3) is 0 Å². The van der Waals surface area contributed by atoms with Crippen molar-refractivity contribution in [3.8, 4) is 5.75 Å². The Morgan fingerprint density at radius 1 is 0.962 bits per heavy atom. The van der Waals surface area contributed by atoms with Crippen LogP contribution in [0.3, 0.4) is 0 Å². The molecule has 26 heavy (non-hydrogen) atoms. The van der Waals surface area contributed by atoms with Crippen LogP contribution in [-0.4, -0.2) is 10.6 Å². The van der Waals surface area contributed by atoms with Crippen molar-refractivity contribution in [3.63, 3.8) is 0 Å². The summed E-state index contributed by atoms with van der Waals surface area (Å²) in [6.07, 6.45) is 0.989. The Balaban J connectivity index is 2.39. The zero-order valence-electron chi connectivity index (χ0n) is 17.3. The van der Waals surface area contributed by atoms with E-state index in [0.717, 1.165) is 18.5 Å². The third-order valence-electron chi connectivity index (χ3n) is 4.93. The summed E-state index contributed by atoms with van der Waals surface area (Å²) >= 11 is 0. The van der Waals surface area contributed by atoms with Gasteiger partial charge in [0.05, 0.1) is 0 Å². The average Bonchev–Trinajstić information content (AvgIpc) is 2.56. The van der Waals surface area contributed by atoms with Crippen LogP contribution in [0.4, 0.5) is 0 Å². The number of hydrogen-bond donors (Lipinski definition) is 2. The molecule has 2 aromatic carbocycles. The Morgan fingerprint density at radius 3 is 2.19 bits per heavy atom. The number of aryl methyl sites for hydroxylation is 2. The molecule has 142 valence electrons. The molecule has 0 amide bonds. The summed E-state index contributed by atoms with van der Waals surface area (Å²) in [5.41, 5.74) is 5.01. The lowest BCUT2D eigenvalue weighted by Gasteiger charge is -2.31. The molecule has 0 saturated heterocycles. The van der Waals surface area contributed by atoms with E-state index in [2.05, 4.69) is 78.0 Å². The first kappa shape index (κ1) is 20.9. The van der Waals surface area contributed by atoms with Crippen LogP contribution in [0, 0.1) is 13.8 Å². The lowest BCUT2D eigenvalue weighted by molar-refractivity contribution is 0.425.